The molecular weight excluding hydrogens is 319 g/mol. The third-order valence-electron chi connectivity index (χ3n) is 2.45. The van der Waals surface area contributed by atoms with Crippen molar-refractivity contribution in [3.05, 3.63) is 28.2 Å². The Balaban J connectivity index is 2.79. The summed E-state index contributed by atoms with van der Waals surface area (Å²) in [5.41, 5.74) is 3.27. The van der Waals surface area contributed by atoms with Crippen LogP contribution in [0.4, 0.5) is 5.69 Å². The fraction of sp³-hybridized carbons (Fsp3) is 0.308. The summed E-state index contributed by atoms with van der Waals surface area (Å²) in [6.45, 7) is 0. The molecule has 1 aromatic rings. The second-order valence-electron chi connectivity index (χ2n) is 3.87. The lowest BCUT2D eigenvalue weighted by molar-refractivity contribution is -0.140. The van der Waals surface area contributed by atoms with E-state index in [1.54, 1.807) is 18.2 Å². The Morgan fingerprint density at radius 1 is 1.14 bits per heavy atom. The molecule has 6 nitrogen and oxygen atoms in total. The first-order valence-electron chi connectivity index (χ1n) is 5.90. The van der Waals surface area contributed by atoms with E-state index in [9.17, 15) is 9.59 Å². The minimum Gasteiger partial charge on any atom is -0.469 e. The number of hydrogen-bond acceptors (Lipinski definition) is 6. The molecule has 0 unspecified atom stereocenters. The molecule has 0 aliphatic carbocycles. The topological polar surface area (TPSA) is 77.0 Å². The summed E-state index contributed by atoms with van der Waals surface area (Å²) in [6.07, 6.45) is 0.112. The third kappa shape index (κ3) is 5.61. The molecule has 0 fully saturated rings. The normalized spacial score (nSPS) is 11.0. The second-order valence-corrected chi connectivity index (χ2v) is 4.68. The van der Waals surface area contributed by atoms with Crippen LogP contribution in [0, 0.1) is 0 Å². The molecule has 0 amide bonds. The van der Waals surface area contributed by atoms with Crippen LogP contribution in [-0.4, -0.2) is 31.9 Å². The van der Waals surface area contributed by atoms with Crippen molar-refractivity contribution in [3.63, 3.8) is 0 Å². The van der Waals surface area contributed by atoms with Gasteiger partial charge in [0.25, 0.3) is 0 Å². The first-order valence-corrected chi connectivity index (χ1v) is 6.66. The average molecular weight is 333 g/mol. The van der Waals surface area contributed by atoms with Gasteiger partial charge in [0.15, 0.2) is 0 Å². The van der Waals surface area contributed by atoms with E-state index < -0.39 is 11.9 Å². The van der Waals surface area contributed by atoms with Crippen molar-refractivity contribution in [1.29, 1.82) is 0 Å². The fourth-order valence-electron chi connectivity index (χ4n) is 1.34. The van der Waals surface area contributed by atoms with Crippen LogP contribution in [0.1, 0.15) is 12.8 Å². The van der Waals surface area contributed by atoms with Gasteiger partial charge in [-0.1, -0.05) is 23.2 Å². The Bertz CT molecular complexity index is 561. The number of hydrogen-bond donors (Lipinski definition) is 1. The van der Waals surface area contributed by atoms with Gasteiger partial charge in [0.05, 0.1) is 36.4 Å². The van der Waals surface area contributed by atoms with Gasteiger partial charge in [0.1, 0.15) is 5.71 Å². The first-order chi connectivity index (χ1) is 9.97. The Hall–Kier alpha value is -1.79. The number of esters is 2. The molecule has 0 radical (unpaired) electrons. The monoisotopic (exact) mass is 332 g/mol. The van der Waals surface area contributed by atoms with Gasteiger partial charge in [-0.3, -0.25) is 10.2 Å². The lowest BCUT2D eigenvalue weighted by atomic mass is 10.2. The summed E-state index contributed by atoms with van der Waals surface area (Å²) < 4.78 is 9.11. The molecule has 0 saturated heterocycles. The van der Waals surface area contributed by atoms with E-state index in [1.165, 1.54) is 14.2 Å². The quantitative estimate of drug-likeness (QED) is 0.492. The molecule has 0 saturated carbocycles. The molecule has 1 N–H and O–H groups in total. The molecule has 0 heterocycles. The third-order valence-corrected chi connectivity index (χ3v) is 3.19. The number of nitrogens with one attached hydrogen (secondary N) is 1. The van der Waals surface area contributed by atoms with Gasteiger partial charge in [-0.2, -0.15) is 5.10 Å². The predicted octanol–water partition coefficient (Wildman–Crippen LogP) is 2.89. The van der Waals surface area contributed by atoms with E-state index >= 15 is 0 Å². The van der Waals surface area contributed by atoms with Crippen molar-refractivity contribution in [3.8, 4) is 0 Å². The molecule has 0 bridgehead atoms. The van der Waals surface area contributed by atoms with E-state index in [0.717, 1.165) is 0 Å². The zero-order valence-corrected chi connectivity index (χ0v) is 13.0. The molecular formula is C13H14Cl2N2O4. The molecule has 8 heteroatoms. The molecule has 0 aliphatic rings. The highest BCUT2D eigenvalue weighted by atomic mass is 35.5. The number of carbonyl (C=O) groups is 2. The van der Waals surface area contributed by atoms with Crippen molar-refractivity contribution in [1.82, 2.24) is 0 Å². The number of hydrazone groups is 1. The number of ether oxygens (including phenoxy) is 2. The Morgan fingerprint density at radius 2 is 1.86 bits per heavy atom. The van der Waals surface area contributed by atoms with Crippen LogP contribution in [-0.2, 0) is 19.1 Å². The van der Waals surface area contributed by atoms with Crippen LogP contribution in [0.25, 0.3) is 0 Å². The number of carbonyl (C=O) groups excluding carboxylic acids is 2. The predicted molar refractivity (Wildman–Crippen MR) is 80.8 cm³/mol. The molecule has 1 rings (SSSR count). The molecule has 1 aromatic carbocycles. The Labute approximate surface area is 132 Å². The molecule has 21 heavy (non-hydrogen) atoms. The van der Waals surface area contributed by atoms with E-state index in [1.807, 2.05) is 0 Å². The molecule has 0 spiro atoms. The lowest BCUT2D eigenvalue weighted by Crippen LogP contribution is -2.19. The van der Waals surface area contributed by atoms with E-state index in [2.05, 4.69) is 20.0 Å². The van der Waals surface area contributed by atoms with Gasteiger partial charge in [-0.25, -0.2) is 4.79 Å². The average Bonchev–Trinajstić information content (AvgIpc) is 2.49. The maximum Gasteiger partial charge on any atom is 0.354 e. The number of halogens is 2. The van der Waals surface area contributed by atoms with Crippen LogP contribution in [0.2, 0.25) is 10.0 Å². The maximum absolute atomic E-state index is 11.6. The molecule has 0 atom stereocenters. The van der Waals surface area contributed by atoms with Crippen LogP contribution < -0.4 is 5.43 Å². The second kappa shape index (κ2) is 8.49. The number of benzene rings is 1. The minimum atomic E-state index is -0.633. The highest BCUT2D eigenvalue weighted by molar-refractivity contribution is 6.42. The minimum absolute atomic E-state index is 0.0213. The van der Waals surface area contributed by atoms with E-state index in [-0.39, 0.29) is 18.6 Å². The Kier molecular flexibility index (Phi) is 6.98. The van der Waals surface area contributed by atoms with Crippen LogP contribution in [0.15, 0.2) is 23.3 Å². The fourth-order valence-corrected chi connectivity index (χ4v) is 1.64. The van der Waals surface area contributed by atoms with Crippen molar-refractivity contribution in [2.24, 2.45) is 5.10 Å². The number of nitrogens with zero attached hydrogens (tertiary/aromatic N) is 1. The largest absolute Gasteiger partial charge is 0.469 e. The van der Waals surface area contributed by atoms with Gasteiger partial charge < -0.3 is 9.47 Å². The van der Waals surface area contributed by atoms with Crippen LogP contribution in [0.5, 0.6) is 0 Å². The summed E-state index contributed by atoms with van der Waals surface area (Å²) in [7, 11) is 2.50. The molecule has 114 valence electrons. The standard InChI is InChI=1S/C13H14Cl2N2O4/c1-20-12(18)6-5-11(13(19)21-2)17-16-8-3-4-9(14)10(15)7-8/h3-4,7,16H,5-6H2,1-2H3/b17-11+. The number of rotatable bonds is 6. The van der Waals surface area contributed by atoms with Gasteiger partial charge in [-0.15, -0.1) is 0 Å². The summed E-state index contributed by atoms with van der Waals surface area (Å²) >= 11 is 11.7. The van der Waals surface area contributed by atoms with Crippen molar-refractivity contribution >= 4 is 46.5 Å². The summed E-state index contributed by atoms with van der Waals surface area (Å²) in [5.74, 6) is -1.08. The highest BCUT2D eigenvalue weighted by Crippen LogP contribution is 2.24. The summed E-state index contributed by atoms with van der Waals surface area (Å²) in [4.78, 5) is 22.7. The SMILES string of the molecule is COC(=O)CC/C(=N\Nc1ccc(Cl)c(Cl)c1)C(=O)OC. The van der Waals surface area contributed by atoms with Gasteiger partial charge >= 0.3 is 11.9 Å². The highest BCUT2D eigenvalue weighted by Gasteiger charge is 2.14. The summed E-state index contributed by atoms with van der Waals surface area (Å²) in [5, 5.41) is 4.68. The molecule has 0 aromatic heterocycles. The number of methoxy groups -OCH3 is 2. The lowest BCUT2D eigenvalue weighted by Gasteiger charge is -2.06. The zero-order chi connectivity index (χ0) is 15.8. The zero-order valence-electron chi connectivity index (χ0n) is 11.5. The van der Waals surface area contributed by atoms with Gasteiger partial charge in [-0.05, 0) is 18.2 Å². The maximum atomic E-state index is 11.6. The van der Waals surface area contributed by atoms with Crippen LogP contribution in [0.3, 0.4) is 0 Å². The van der Waals surface area contributed by atoms with Gasteiger partial charge in [0, 0.05) is 6.42 Å². The van der Waals surface area contributed by atoms with Crippen molar-refractivity contribution in [2.45, 2.75) is 12.8 Å². The Morgan fingerprint density at radius 3 is 2.43 bits per heavy atom. The smallest absolute Gasteiger partial charge is 0.354 e. The van der Waals surface area contributed by atoms with Crippen molar-refractivity contribution < 1.29 is 19.1 Å². The van der Waals surface area contributed by atoms with Gasteiger partial charge in [0.2, 0.25) is 0 Å². The van der Waals surface area contributed by atoms with Crippen molar-refractivity contribution in [2.75, 3.05) is 19.6 Å². The van der Waals surface area contributed by atoms with E-state index in [4.69, 9.17) is 23.2 Å². The number of anilines is 1. The first kappa shape index (κ1) is 17.3. The molecule has 0 aliphatic heterocycles. The van der Waals surface area contributed by atoms with E-state index in [0.29, 0.717) is 15.7 Å². The summed E-state index contributed by atoms with van der Waals surface area (Å²) in [6, 6.07) is 4.80. The van der Waals surface area contributed by atoms with Crippen LogP contribution >= 0.6 is 23.2 Å².